The fourth-order valence-electron chi connectivity index (χ4n) is 4.81. The number of carbonyl (C=O) groups excluding carboxylic acids is 2. The zero-order valence-corrected chi connectivity index (χ0v) is 16.9. The minimum absolute atomic E-state index is 0.160. The van der Waals surface area contributed by atoms with Crippen LogP contribution in [0.15, 0.2) is 66.7 Å². The molecule has 0 aliphatic carbocycles. The fourth-order valence-corrected chi connectivity index (χ4v) is 4.81. The van der Waals surface area contributed by atoms with Crippen molar-refractivity contribution < 1.29 is 14.3 Å². The molecular weight excluding hydrogens is 376 g/mol. The number of para-hydroxylation sites is 1. The summed E-state index contributed by atoms with van der Waals surface area (Å²) in [5.74, 6) is -0.556. The molecule has 3 aromatic carbocycles. The van der Waals surface area contributed by atoms with Crippen molar-refractivity contribution in [2.24, 2.45) is 0 Å². The van der Waals surface area contributed by atoms with Gasteiger partial charge in [-0.3, -0.25) is 4.79 Å². The average molecular weight is 398 g/mol. The number of ether oxygens (including phenoxy) is 1. The molecule has 0 saturated carbocycles. The molecule has 2 heterocycles. The van der Waals surface area contributed by atoms with Crippen molar-refractivity contribution in [2.75, 3.05) is 7.11 Å². The van der Waals surface area contributed by atoms with E-state index in [-0.39, 0.29) is 5.91 Å². The van der Waals surface area contributed by atoms with Crippen LogP contribution in [-0.2, 0) is 20.7 Å². The number of hydrogen-bond donors (Lipinski definition) is 1. The largest absolute Gasteiger partial charge is 0.467 e. The number of hydrogen-bond acceptors (Lipinski definition) is 3. The third-order valence-corrected chi connectivity index (χ3v) is 6.09. The van der Waals surface area contributed by atoms with Crippen LogP contribution in [-0.4, -0.2) is 34.9 Å². The van der Waals surface area contributed by atoms with Gasteiger partial charge < -0.3 is 14.6 Å². The van der Waals surface area contributed by atoms with Gasteiger partial charge in [0.15, 0.2) is 0 Å². The van der Waals surface area contributed by atoms with Crippen LogP contribution in [0.5, 0.6) is 0 Å². The summed E-state index contributed by atoms with van der Waals surface area (Å²) in [5, 5.41) is 3.23. The van der Waals surface area contributed by atoms with Crippen LogP contribution in [0.1, 0.15) is 29.8 Å². The number of nitrogens with zero attached hydrogens (tertiary/aromatic N) is 1. The average Bonchev–Trinajstić information content (AvgIpc) is 3.15. The highest BCUT2D eigenvalue weighted by Crippen LogP contribution is 2.43. The van der Waals surface area contributed by atoms with Crippen LogP contribution in [0.25, 0.3) is 21.7 Å². The maximum atomic E-state index is 12.9. The Labute approximate surface area is 174 Å². The monoisotopic (exact) mass is 398 g/mol. The van der Waals surface area contributed by atoms with Crippen molar-refractivity contribution in [1.82, 2.24) is 9.88 Å². The second-order valence-electron chi connectivity index (χ2n) is 7.70. The Kier molecular flexibility index (Phi) is 4.31. The van der Waals surface area contributed by atoms with Crippen molar-refractivity contribution >= 4 is 33.6 Å². The number of carbonyl (C=O) groups is 2. The lowest BCUT2D eigenvalue weighted by Gasteiger charge is -2.40. The van der Waals surface area contributed by atoms with E-state index in [2.05, 4.69) is 29.2 Å². The summed E-state index contributed by atoms with van der Waals surface area (Å²) in [6.07, 6.45) is 0.423. The Bertz CT molecular complexity index is 1280. The SMILES string of the molecule is COC(=O)[C@@H]1Cc2c([nH]c3ccccc23)[C@@H](c2cccc3ccccc23)N1C(C)=O. The molecule has 5 nitrogen and oxygen atoms in total. The van der Waals surface area contributed by atoms with Gasteiger partial charge in [0.05, 0.1) is 13.2 Å². The Hall–Kier alpha value is -3.60. The van der Waals surface area contributed by atoms with E-state index >= 15 is 0 Å². The summed E-state index contributed by atoms with van der Waals surface area (Å²) >= 11 is 0. The van der Waals surface area contributed by atoms with Crippen molar-refractivity contribution in [2.45, 2.75) is 25.4 Å². The number of amides is 1. The van der Waals surface area contributed by atoms with Crippen LogP contribution < -0.4 is 0 Å². The minimum Gasteiger partial charge on any atom is -0.467 e. The number of methoxy groups -OCH3 is 1. The molecule has 4 aromatic rings. The predicted octanol–water partition coefficient (Wildman–Crippen LogP) is 4.36. The van der Waals surface area contributed by atoms with Gasteiger partial charge in [-0.25, -0.2) is 4.79 Å². The van der Waals surface area contributed by atoms with E-state index in [4.69, 9.17) is 4.74 Å². The summed E-state index contributed by atoms with van der Waals surface area (Å²) in [7, 11) is 1.37. The van der Waals surface area contributed by atoms with Crippen molar-refractivity contribution in [1.29, 1.82) is 0 Å². The van der Waals surface area contributed by atoms with Crippen LogP contribution in [0.3, 0.4) is 0 Å². The van der Waals surface area contributed by atoms with Crippen molar-refractivity contribution in [3.63, 3.8) is 0 Å². The molecule has 5 heteroatoms. The van der Waals surface area contributed by atoms with E-state index in [1.165, 1.54) is 14.0 Å². The smallest absolute Gasteiger partial charge is 0.328 e. The quantitative estimate of drug-likeness (QED) is 0.511. The van der Waals surface area contributed by atoms with E-state index < -0.39 is 18.1 Å². The van der Waals surface area contributed by atoms with E-state index in [0.717, 1.165) is 38.5 Å². The number of esters is 1. The number of aromatic nitrogens is 1. The molecule has 1 aliphatic heterocycles. The first kappa shape index (κ1) is 18.4. The molecule has 5 rings (SSSR count). The molecule has 1 N–H and O–H groups in total. The van der Waals surface area contributed by atoms with Gasteiger partial charge in [0.25, 0.3) is 0 Å². The first-order valence-electron chi connectivity index (χ1n) is 10.0. The molecule has 1 aromatic heterocycles. The standard InChI is InChI=1S/C25H22N2O3/c1-15(28)27-22(25(29)30-2)14-20-18-11-5-6-13-21(18)26-23(20)24(27)19-12-7-9-16-8-3-4-10-17(16)19/h3-13,22,24,26H,14H2,1-2H3/t22-,24+/m0/s1. The first-order valence-corrected chi connectivity index (χ1v) is 10.0. The van der Waals surface area contributed by atoms with E-state index in [0.29, 0.717) is 6.42 Å². The zero-order chi connectivity index (χ0) is 20.8. The predicted molar refractivity (Wildman–Crippen MR) is 116 cm³/mol. The van der Waals surface area contributed by atoms with Crippen molar-refractivity contribution in [3.05, 3.63) is 83.6 Å². The number of nitrogens with one attached hydrogen (secondary N) is 1. The summed E-state index contributed by atoms with van der Waals surface area (Å²) < 4.78 is 5.10. The normalized spacial score (nSPS) is 18.4. The Morgan fingerprint density at radius 1 is 0.967 bits per heavy atom. The highest BCUT2D eigenvalue weighted by molar-refractivity contribution is 5.92. The Balaban J connectivity index is 1.84. The molecule has 0 spiro atoms. The van der Waals surface area contributed by atoms with Gasteiger partial charge in [-0.05, 0) is 28.0 Å². The zero-order valence-electron chi connectivity index (χ0n) is 16.9. The van der Waals surface area contributed by atoms with Gasteiger partial charge in [0, 0.05) is 29.9 Å². The van der Waals surface area contributed by atoms with Gasteiger partial charge in [-0.2, -0.15) is 0 Å². The molecule has 0 fully saturated rings. The lowest BCUT2D eigenvalue weighted by atomic mass is 9.86. The summed E-state index contributed by atoms with van der Waals surface area (Å²) in [6.45, 7) is 1.52. The number of rotatable bonds is 2. The third-order valence-electron chi connectivity index (χ3n) is 6.09. The highest BCUT2D eigenvalue weighted by atomic mass is 16.5. The summed E-state index contributed by atoms with van der Waals surface area (Å²) in [6, 6.07) is 21.2. The van der Waals surface area contributed by atoms with Crippen LogP contribution in [0, 0.1) is 0 Å². The van der Waals surface area contributed by atoms with E-state index in [1.54, 1.807) is 4.90 Å². The summed E-state index contributed by atoms with van der Waals surface area (Å²) in [4.78, 5) is 30.9. The Morgan fingerprint density at radius 3 is 2.43 bits per heavy atom. The number of benzene rings is 3. The van der Waals surface area contributed by atoms with Gasteiger partial charge >= 0.3 is 5.97 Å². The van der Waals surface area contributed by atoms with Gasteiger partial charge in [-0.1, -0.05) is 60.7 Å². The second-order valence-corrected chi connectivity index (χ2v) is 7.70. The van der Waals surface area contributed by atoms with E-state index in [1.807, 2.05) is 42.5 Å². The molecule has 0 radical (unpaired) electrons. The van der Waals surface area contributed by atoms with E-state index in [9.17, 15) is 9.59 Å². The Morgan fingerprint density at radius 2 is 1.67 bits per heavy atom. The van der Waals surface area contributed by atoms with Crippen molar-refractivity contribution in [3.8, 4) is 0 Å². The minimum atomic E-state index is -0.678. The summed E-state index contributed by atoms with van der Waals surface area (Å²) in [5.41, 5.74) is 4.02. The number of aromatic amines is 1. The topological polar surface area (TPSA) is 62.4 Å². The number of fused-ring (bicyclic) bond motifs is 4. The second kappa shape index (κ2) is 7.02. The molecule has 30 heavy (non-hydrogen) atoms. The van der Waals surface area contributed by atoms with Gasteiger partial charge in [-0.15, -0.1) is 0 Å². The molecule has 0 unspecified atom stereocenters. The molecule has 1 amide bonds. The van der Waals surface area contributed by atoms with Gasteiger partial charge in [0.1, 0.15) is 6.04 Å². The maximum Gasteiger partial charge on any atom is 0.328 e. The van der Waals surface area contributed by atoms with Crippen LogP contribution in [0.2, 0.25) is 0 Å². The molecule has 0 bridgehead atoms. The van der Waals surface area contributed by atoms with Gasteiger partial charge in [0.2, 0.25) is 5.91 Å². The molecule has 0 saturated heterocycles. The lowest BCUT2D eigenvalue weighted by molar-refractivity contribution is -0.154. The fraction of sp³-hybridized carbons (Fsp3) is 0.200. The number of H-pyrrole nitrogens is 1. The maximum absolute atomic E-state index is 12.9. The lowest BCUT2D eigenvalue weighted by Crippen LogP contribution is -2.51. The molecular formula is C25H22N2O3. The molecule has 2 atom stereocenters. The molecule has 150 valence electrons. The van der Waals surface area contributed by atoms with Crippen LogP contribution in [0.4, 0.5) is 0 Å². The van der Waals surface area contributed by atoms with Crippen LogP contribution >= 0.6 is 0 Å². The molecule has 1 aliphatic rings. The first-order chi connectivity index (χ1) is 14.6. The third kappa shape index (κ3) is 2.70. The highest BCUT2D eigenvalue weighted by Gasteiger charge is 2.43.